The number of fused-ring (bicyclic) bond motifs is 6. The molecule has 1 aromatic carbocycles. The van der Waals surface area contributed by atoms with E-state index in [9.17, 15) is 4.79 Å². The summed E-state index contributed by atoms with van der Waals surface area (Å²) in [4.78, 5) is 26.4. The average Bonchev–Trinajstić information content (AvgIpc) is 2.96. The fraction of sp³-hybridized carbons (Fsp3) is 0.609. The first-order valence-electron chi connectivity index (χ1n) is 10.4. The van der Waals surface area contributed by atoms with Gasteiger partial charge in [-0.2, -0.15) is 0 Å². The Balaban J connectivity index is 1.75. The maximum Gasteiger partial charge on any atom is 0.235 e. The van der Waals surface area contributed by atoms with E-state index in [0.717, 1.165) is 54.6 Å². The minimum absolute atomic E-state index is 0.103. The van der Waals surface area contributed by atoms with Gasteiger partial charge in [0.1, 0.15) is 0 Å². The Morgan fingerprint density at radius 3 is 2.37 bits per heavy atom. The fourth-order valence-corrected chi connectivity index (χ4v) is 6.17. The summed E-state index contributed by atoms with van der Waals surface area (Å²) in [5.74, 6) is 0.298. The summed E-state index contributed by atoms with van der Waals surface area (Å²) in [6, 6.07) is 8.39. The Morgan fingerprint density at radius 2 is 1.70 bits per heavy atom. The van der Waals surface area contributed by atoms with Crippen molar-refractivity contribution in [1.29, 1.82) is 0 Å². The largest absolute Gasteiger partial charge is 0.339 e. The summed E-state index contributed by atoms with van der Waals surface area (Å²) in [6.07, 6.45) is 5.34. The van der Waals surface area contributed by atoms with Crippen molar-refractivity contribution >= 4 is 16.9 Å². The Morgan fingerprint density at radius 1 is 1.04 bits per heavy atom. The van der Waals surface area contributed by atoms with E-state index in [-0.39, 0.29) is 10.8 Å². The maximum absolute atomic E-state index is 14.1. The lowest BCUT2D eigenvalue weighted by Crippen LogP contribution is -2.56. The predicted octanol–water partition coefficient (Wildman–Crippen LogP) is 4.36. The number of rotatable bonds is 1. The van der Waals surface area contributed by atoms with Gasteiger partial charge in [-0.05, 0) is 56.6 Å². The topological polar surface area (TPSA) is 46.1 Å². The van der Waals surface area contributed by atoms with Gasteiger partial charge in [-0.3, -0.25) is 4.79 Å². The molecule has 1 saturated carbocycles. The van der Waals surface area contributed by atoms with Crippen LogP contribution in [0.1, 0.15) is 71.2 Å². The second kappa shape index (κ2) is 5.30. The Bertz CT molecular complexity index is 952. The average molecular weight is 364 g/mol. The Labute approximate surface area is 161 Å². The number of likely N-dealkylation sites (tertiary alicyclic amines) is 1. The summed E-state index contributed by atoms with van der Waals surface area (Å²) < 4.78 is 0. The van der Waals surface area contributed by atoms with Crippen molar-refractivity contribution in [3.8, 4) is 0 Å². The molecule has 1 amide bonds. The molecule has 3 unspecified atom stereocenters. The minimum Gasteiger partial charge on any atom is -0.339 e. The van der Waals surface area contributed by atoms with Crippen molar-refractivity contribution in [2.45, 2.75) is 76.7 Å². The number of para-hydroxylation sites is 2. The van der Waals surface area contributed by atoms with Crippen LogP contribution in [0.25, 0.3) is 11.0 Å². The zero-order chi connectivity index (χ0) is 19.0. The highest BCUT2D eigenvalue weighted by atomic mass is 16.2. The molecule has 3 atom stereocenters. The van der Waals surface area contributed by atoms with Crippen LogP contribution in [0.5, 0.6) is 0 Å². The number of carbonyl (C=O) groups is 1. The van der Waals surface area contributed by atoms with Gasteiger partial charge >= 0.3 is 0 Å². The van der Waals surface area contributed by atoms with E-state index in [1.165, 1.54) is 6.42 Å². The molecule has 2 heterocycles. The van der Waals surface area contributed by atoms with E-state index in [0.29, 0.717) is 11.9 Å². The fourth-order valence-electron chi connectivity index (χ4n) is 6.17. The number of benzene rings is 1. The molecule has 142 valence electrons. The second-order valence-corrected chi connectivity index (χ2v) is 9.62. The molecule has 0 N–H and O–H groups in total. The van der Waals surface area contributed by atoms with E-state index in [1.807, 2.05) is 24.3 Å². The van der Waals surface area contributed by atoms with Crippen molar-refractivity contribution < 1.29 is 4.79 Å². The van der Waals surface area contributed by atoms with E-state index in [4.69, 9.17) is 9.97 Å². The van der Waals surface area contributed by atoms with Crippen molar-refractivity contribution in [2.24, 2.45) is 5.41 Å². The molecular weight excluding hydrogens is 334 g/mol. The van der Waals surface area contributed by atoms with Crippen molar-refractivity contribution in [3.63, 3.8) is 0 Å². The first kappa shape index (κ1) is 17.2. The van der Waals surface area contributed by atoms with Crippen LogP contribution in [0.3, 0.4) is 0 Å². The highest BCUT2D eigenvalue weighted by Crippen LogP contribution is 2.70. The van der Waals surface area contributed by atoms with E-state index < -0.39 is 5.41 Å². The molecule has 1 aromatic heterocycles. The first-order valence-corrected chi connectivity index (χ1v) is 10.4. The van der Waals surface area contributed by atoms with Crippen LogP contribution in [0.15, 0.2) is 24.3 Å². The summed E-state index contributed by atoms with van der Waals surface area (Å²) in [7, 11) is 0. The molecule has 2 aromatic rings. The van der Waals surface area contributed by atoms with Gasteiger partial charge in [0, 0.05) is 18.0 Å². The van der Waals surface area contributed by atoms with Crippen LogP contribution in [0, 0.1) is 5.41 Å². The molecular formula is C23H29N3O. The summed E-state index contributed by atoms with van der Waals surface area (Å²) in [5.41, 5.74) is 3.04. The summed E-state index contributed by atoms with van der Waals surface area (Å²) in [6.45, 7) is 9.94. The molecule has 2 aliphatic carbocycles. The summed E-state index contributed by atoms with van der Waals surface area (Å²) in [5, 5.41) is 0. The lowest BCUT2D eigenvalue weighted by molar-refractivity contribution is -0.144. The number of amides is 1. The van der Waals surface area contributed by atoms with Crippen LogP contribution >= 0.6 is 0 Å². The van der Waals surface area contributed by atoms with Gasteiger partial charge in [-0.15, -0.1) is 0 Å². The Hall–Kier alpha value is -1.97. The molecule has 3 aliphatic rings. The van der Waals surface area contributed by atoms with Crippen molar-refractivity contribution in [1.82, 2.24) is 14.9 Å². The highest BCUT2D eigenvalue weighted by Gasteiger charge is 2.73. The SMILES string of the molecule is CC1CCCCN1C(=O)C12CCC(C)(c3nc4ccccc4nc31)C2(C)C. The van der Waals surface area contributed by atoms with Gasteiger partial charge in [0.2, 0.25) is 5.91 Å². The number of hydrogen-bond acceptors (Lipinski definition) is 3. The zero-order valence-electron chi connectivity index (χ0n) is 16.9. The third-order valence-corrected chi connectivity index (χ3v) is 8.37. The molecule has 4 heteroatoms. The van der Waals surface area contributed by atoms with Gasteiger partial charge in [0.25, 0.3) is 0 Å². The zero-order valence-corrected chi connectivity index (χ0v) is 16.9. The van der Waals surface area contributed by atoms with Gasteiger partial charge in [-0.25, -0.2) is 9.97 Å². The van der Waals surface area contributed by atoms with Crippen LogP contribution in [-0.4, -0.2) is 33.4 Å². The maximum atomic E-state index is 14.1. The molecule has 1 saturated heterocycles. The van der Waals surface area contributed by atoms with Gasteiger partial charge < -0.3 is 4.90 Å². The smallest absolute Gasteiger partial charge is 0.235 e. The van der Waals surface area contributed by atoms with E-state index >= 15 is 0 Å². The predicted molar refractivity (Wildman–Crippen MR) is 107 cm³/mol. The first-order chi connectivity index (χ1) is 12.8. The van der Waals surface area contributed by atoms with Crippen molar-refractivity contribution in [2.75, 3.05) is 6.54 Å². The second-order valence-electron chi connectivity index (χ2n) is 9.62. The lowest BCUT2D eigenvalue weighted by atomic mass is 9.63. The minimum atomic E-state index is -0.542. The number of carbonyl (C=O) groups excluding carboxylic acids is 1. The van der Waals surface area contributed by atoms with Gasteiger partial charge in [0.15, 0.2) is 0 Å². The summed E-state index contributed by atoms with van der Waals surface area (Å²) >= 11 is 0. The number of hydrogen-bond donors (Lipinski definition) is 0. The molecule has 2 fully saturated rings. The molecule has 27 heavy (non-hydrogen) atoms. The third kappa shape index (κ3) is 1.87. The third-order valence-electron chi connectivity index (χ3n) is 8.37. The quantitative estimate of drug-likeness (QED) is 0.756. The van der Waals surface area contributed by atoms with Crippen LogP contribution in [0.4, 0.5) is 0 Å². The van der Waals surface area contributed by atoms with E-state index in [2.05, 4.69) is 32.6 Å². The molecule has 2 bridgehead atoms. The van der Waals surface area contributed by atoms with Crippen LogP contribution in [-0.2, 0) is 15.6 Å². The lowest BCUT2D eigenvalue weighted by Gasteiger charge is -2.45. The standard InChI is InChI=1S/C23H29N3O/c1-15-9-7-8-14-26(15)20(27)23-13-12-22(4,21(23,2)3)18-19(23)25-17-11-6-5-10-16(17)24-18/h5-6,10-11,15H,7-9,12-14H2,1-4H3. The monoisotopic (exact) mass is 363 g/mol. The number of nitrogens with zero attached hydrogens (tertiary/aromatic N) is 3. The molecule has 0 radical (unpaired) electrons. The molecule has 0 spiro atoms. The highest BCUT2D eigenvalue weighted by molar-refractivity contribution is 5.93. The Kier molecular flexibility index (Phi) is 3.37. The molecule has 1 aliphatic heterocycles. The van der Waals surface area contributed by atoms with Crippen LogP contribution in [0.2, 0.25) is 0 Å². The molecule has 4 nitrogen and oxygen atoms in total. The number of piperidine rings is 1. The normalized spacial score (nSPS) is 34.1. The van der Waals surface area contributed by atoms with Gasteiger partial charge in [0.05, 0.1) is 27.8 Å². The van der Waals surface area contributed by atoms with Crippen molar-refractivity contribution in [3.05, 3.63) is 35.7 Å². The van der Waals surface area contributed by atoms with Gasteiger partial charge in [-0.1, -0.05) is 32.9 Å². The van der Waals surface area contributed by atoms with Crippen LogP contribution < -0.4 is 0 Å². The molecule has 5 rings (SSSR count). The van der Waals surface area contributed by atoms with E-state index in [1.54, 1.807) is 0 Å². The number of aromatic nitrogens is 2.